The lowest BCUT2D eigenvalue weighted by Gasteiger charge is -2.38. The Morgan fingerprint density at radius 3 is 2.60 bits per heavy atom. The molecule has 2 heterocycles. The molecular formula is C13H23N5O2. The van der Waals surface area contributed by atoms with Gasteiger partial charge >= 0.3 is 6.03 Å². The highest BCUT2D eigenvalue weighted by atomic mass is 16.2. The number of amides is 3. The van der Waals surface area contributed by atoms with Crippen LogP contribution in [0.4, 0.5) is 4.79 Å². The van der Waals surface area contributed by atoms with Crippen molar-refractivity contribution in [2.75, 3.05) is 33.7 Å². The minimum absolute atomic E-state index is 0.00173. The Morgan fingerprint density at radius 2 is 2.05 bits per heavy atom. The van der Waals surface area contributed by atoms with Crippen molar-refractivity contribution in [3.05, 3.63) is 0 Å². The van der Waals surface area contributed by atoms with Crippen LogP contribution >= 0.6 is 0 Å². The summed E-state index contributed by atoms with van der Waals surface area (Å²) in [6.45, 7) is 3.91. The van der Waals surface area contributed by atoms with E-state index in [-0.39, 0.29) is 11.9 Å². The molecule has 0 atom stereocenters. The molecule has 2 aliphatic rings. The molecule has 0 saturated carbocycles. The number of nitrogens with one attached hydrogen (secondary N) is 2. The van der Waals surface area contributed by atoms with E-state index < -0.39 is 5.54 Å². The zero-order chi connectivity index (χ0) is 14.8. The summed E-state index contributed by atoms with van der Waals surface area (Å²) in [4.78, 5) is 31.7. The van der Waals surface area contributed by atoms with Gasteiger partial charge in [0.2, 0.25) is 0 Å². The third kappa shape index (κ3) is 2.71. The summed E-state index contributed by atoms with van der Waals surface area (Å²) in [7, 11) is 3.48. The van der Waals surface area contributed by atoms with Crippen molar-refractivity contribution in [1.82, 2.24) is 20.4 Å². The number of carbonyl (C=O) groups excluding carboxylic acids is 2. The average Bonchev–Trinajstić information content (AvgIpc) is 2.73. The van der Waals surface area contributed by atoms with Crippen LogP contribution in [-0.4, -0.2) is 67.0 Å². The molecule has 0 unspecified atom stereocenters. The van der Waals surface area contributed by atoms with Gasteiger partial charge in [-0.1, -0.05) is 6.92 Å². The van der Waals surface area contributed by atoms with Crippen LogP contribution in [0.15, 0.2) is 4.99 Å². The Hall–Kier alpha value is -1.79. The third-order valence-electron chi connectivity index (χ3n) is 3.79. The van der Waals surface area contributed by atoms with Crippen molar-refractivity contribution in [3.63, 3.8) is 0 Å². The lowest BCUT2D eigenvalue weighted by molar-refractivity contribution is -0.125. The van der Waals surface area contributed by atoms with E-state index in [2.05, 4.69) is 15.6 Å². The fourth-order valence-corrected chi connectivity index (χ4v) is 2.56. The molecule has 2 fully saturated rings. The molecule has 2 saturated heterocycles. The summed E-state index contributed by atoms with van der Waals surface area (Å²) >= 11 is 0. The Kier molecular flexibility index (Phi) is 4.15. The summed E-state index contributed by atoms with van der Waals surface area (Å²) < 4.78 is 0. The summed E-state index contributed by atoms with van der Waals surface area (Å²) in [5.41, 5.74) is -0.588. The lowest BCUT2D eigenvalue weighted by Crippen LogP contribution is -2.57. The maximum Gasteiger partial charge on any atom is 0.319 e. The van der Waals surface area contributed by atoms with Gasteiger partial charge in [0.15, 0.2) is 5.96 Å². The number of nitrogens with zero attached hydrogens (tertiary/aromatic N) is 3. The van der Waals surface area contributed by atoms with Gasteiger partial charge in [0.25, 0.3) is 5.91 Å². The molecule has 0 radical (unpaired) electrons. The Labute approximate surface area is 119 Å². The van der Waals surface area contributed by atoms with Gasteiger partial charge < -0.3 is 15.1 Å². The second-order valence-electron chi connectivity index (χ2n) is 5.56. The highest BCUT2D eigenvalue weighted by molar-refractivity contribution is 6.09. The molecule has 0 aromatic carbocycles. The molecule has 0 aliphatic carbocycles. The maximum atomic E-state index is 12.2. The third-order valence-corrected chi connectivity index (χ3v) is 3.79. The molecule has 20 heavy (non-hydrogen) atoms. The number of hydrogen-bond donors (Lipinski definition) is 2. The summed E-state index contributed by atoms with van der Waals surface area (Å²) in [5.74, 6) is 0.550. The molecule has 3 amide bonds. The molecule has 2 rings (SSSR count). The highest BCUT2D eigenvalue weighted by Gasteiger charge is 2.47. The van der Waals surface area contributed by atoms with E-state index >= 15 is 0 Å². The molecule has 2 N–H and O–H groups in total. The van der Waals surface area contributed by atoms with Crippen molar-refractivity contribution in [3.8, 4) is 0 Å². The number of guanidine groups is 1. The first-order valence-electron chi connectivity index (χ1n) is 7.09. The van der Waals surface area contributed by atoms with Gasteiger partial charge in [-0.25, -0.2) is 4.79 Å². The van der Waals surface area contributed by atoms with Crippen LogP contribution in [0.3, 0.4) is 0 Å². The first-order chi connectivity index (χ1) is 9.48. The number of aliphatic imine (C=N–C) groups is 1. The SMILES string of the molecule is CCCN=C1NC(=O)C2(CCN(C(=O)N(C)C)CC2)N1. The van der Waals surface area contributed by atoms with Crippen LogP contribution in [-0.2, 0) is 4.79 Å². The lowest BCUT2D eigenvalue weighted by atomic mass is 9.88. The molecule has 1 spiro atoms. The predicted octanol–water partition coefficient (Wildman–Crippen LogP) is -0.0120. The van der Waals surface area contributed by atoms with Crippen LogP contribution in [0.5, 0.6) is 0 Å². The largest absolute Gasteiger partial charge is 0.341 e. The van der Waals surface area contributed by atoms with Gasteiger partial charge in [0, 0.05) is 33.7 Å². The quantitative estimate of drug-likeness (QED) is 0.747. The highest BCUT2D eigenvalue weighted by Crippen LogP contribution is 2.25. The van der Waals surface area contributed by atoms with Crippen molar-refractivity contribution in [2.24, 2.45) is 4.99 Å². The number of carbonyl (C=O) groups is 2. The van der Waals surface area contributed by atoms with Gasteiger partial charge in [0.05, 0.1) is 0 Å². The molecular weight excluding hydrogens is 258 g/mol. The number of rotatable bonds is 2. The Balaban J connectivity index is 1.99. The van der Waals surface area contributed by atoms with E-state index in [1.54, 1.807) is 23.9 Å². The minimum Gasteiger partial charge on any atom is -0.341 e. The number of likely N-dealkylation sites (tertiary alicyclic amines) is 1. The van der Waals surface area contributed by atoms with Crippen LogP contribution in [0.2, 0.25) is 0 Å². The van der Waals surface area contributed by atoms with Crippen molar-refractivity contribution >= 4 is 17.9 Å². The maximum absolute atomic E-state index is 12.2. The van der Waals surface area contributed by atoms with Crippen LogP contribution < -0.4 is 10.6 Å². The van der Waals surface area contributed by atoms with E-state index in [1.807, 2.05) is 6.92 Å². The Morgan fingerprint density at radius 1 is 1.40 bits per heavy atom. The monoisotopic (exact) mass is 281 g/mol. The van der Waals surface area contributed by atoms with E-state index in [4.69, 9.17) is 0 Å². The predicted molar refractivity (Wildman–Crippen MR) is 76.5 cm³/mol. The summed E-state index contributed by atoms with van der Waals surface area (Å²) in [6, 6.07) is -0.00173. The van der Waals surface area contributed by atoms with Crippen molar-refractivity contribution < 1.29 is 9.59 Å². The average molecular weight is 281 g/mol. The van der Waals surface area contributed by atoms with Gasteiger partial charge in [0.1, 0.15) is 5.54 Å². The second-order valence-corrected chi connectivity index (χ2v) is 5.56. The fourth-order valence-electron chi connectivity index (χ4n) is 2.56. The van der Waals surface area contributed by atoms with E-state index in [0.29, 0.717) is 38.4 Å². The first-order valence-corrected chi connectivity index (χ1v) is 7.09. The van der Waals surface area contributed by atoms with E-state index in [9.17, 15) is 9.59 Å². The molecule has 0 aromatic heterocycles. The zero-order valence-electron chi connectivity index (χ0n) is 12.4. The normalized spacial score (nSPS) is 22.9. The minimum atomic E-state index is -0.588. The van der Waals surface area contributed by atoms with E-state index in [1.165, 1.54) is 0 Å². The smallest absolute Gasteiger partial charge is 0.319 e. The molecule has 2 aliphatic heterocycles. The van der Waals surface area contributed by atoms with Gasteiger partial charge in [-0.3, -0.25) is 15.1 Å². The zero-order valence-corrected chi connectivity index (χ0v) is 12.4. The van der Waals surface area contributed by atoms with Crippen molar-refractivity contribution in [1.29, 1.82) is 0 Å². The molecule has 0 aromatic rings. The second kappa shape index (κ2) is 5.68. The van der Waals surface area contributed by atoms with Crippen LogP contribution in [0.1, 0.15) is 26.2 Å². The number of hydrogen-bond acceptors (Lipinski definition) is 3. The molecule has 0 bridgehead atoms. The topological polar surface area (TPSA) is 77.0 Å². The molecule has 7 nitrogen and oxygen atoms in total. The number of piperidine rings is 1. The van der Waals surface area contributed by atoms with Crippen LogP contribution in [0.25, 0.3) is 0 Å². The first kappa shape index (κ1) is 14.6. The fraction of sp³-hybridized carbons (Fsp3) is 0.769. The standard InChI is InChI=1S/C13H23N5O2/c1-4-7-14-11-15-10(19)13(16-11)5-8-18(9-6-13)12(20)17(2)3/h4-9H2,1-3H3,(H2,14,15,16,19). The molecule has 7 heteroatoms. The van der Waals surface area contributed by atoms with Crippen LogP contribution in [0, 0.1) is 0 Å². The summed E-state index contributed by atoms with van der Waals surface area (Å²) in [5, 5.41) is 6.02. The van der Waals surface area contributed by atoms with Gasteiger partial charge in [-0.05, 0) is 19.3 Å². The van der Waals surface area contributed by atoms with E-state index in [0.717, 1.165) is 6.42 Å². The van der Waals surface area contributed by atoms with Crippen molar-refractivity contribution in [2.45, 2.75) is 31.7 Å². The summed E-state index contributed by atoms with van der Waals surface area (Å²) in [6.07, 6.45) is 2.17. The Bertz CT molecular complexity index is 424. The molecule has 112 valence electrons. The van der Waals surface area contributed by atoms with Gasteiger partial charge in [-0.2, -0.15) is 0 Å². The number of urea groups is 1. The van der Waals surface area contributed by atoms with Gasteiger partial charge in [-0.15, -0.1) is 0 Å².